The van der Waals surface area contributed by atoms with Crippen LogP contribution >= 0.6 is 39.3 Å². The van der Waals surface area contributed by atoms with Gasteiger partial charge in [-0.3, -0.25) is 14.5 Å². The molecule has 5 nitrogen and oxygen atoms in total. The molecule has 2 amide bonds. The van der Waals surface area contributed by atoms with Gasteiger partial charge in [0.1, 0.15) is 24.0 Å². The normalized spacial score (nSPS) is 14.8. The van der Waals surface area contributed by atoms with Crippen LogP contribution in [0.1, 0.15) is 11.1 Å². The lowest BCUT2D eigenvalue weighted by atomic mass is 10.1. The van der Waals surface area contributed by atoms with E-state index in [1.807, 2.05) is 29.0 Å². The molecule has 0 N–H and O–H groups in total. The molecule has 0 aliphatic carbocycles. The van der Waals surface area contributed by atoms with Crippen LogP contribution in [0, 0.1) is 11.6 Å². The van der Waals surface area contributed by atoms with Crippen LogP contribution in [-0.4, -0.2) is 33.8 Å². The minimum atomic E-state index is -0.425. The molecule has 1 aromatic heterocycles. The number of benzene rings is 3. The van der Waals surface area contributed by atoms with Gasteiger partial charge in [-0.15, -0.1) is 0 Å². The first-order valence-corrected chi connectivity index (χ1v) is 13.1. The van der Waals surface area contributed by atoms with Crippen molar-refractivity contribution in [3.05, 3.63) is 104 Å². The number of ether oxygens (including phenoxy) is 1. The van der Waals surface area contributed by atoms with Gasteiger partial charge in [0, 0.05) is 37.7 Å². The Balaban J connectivity index is 1.39. The van der Waals surface area contributed by atoms with Crippen molar-refractivity contribution >= 4 is 67.4 Å². The third kappa shape index (κ3) is 5.44. The van der Waals surface area contributed by atoms with Crippen molar-refractivity contribution in [1.82, 2.24) is 9.47 Å². The first kappa shape index (κ1) is 25.5. The van der Waals surface area contributed by atoms with E-state index in [9.17, 15) is 18.4 Å². The molecular formula is C27H18BrClF2N2O3S. The summed E-state index contributed by atoms with van der Waals surface area (Å²) in [5.74, 6) is -0.770. The molecule has 4 aromatic rings. The van der Waals surface area contributed by atoms with Crippen LogP contribution in [-0.2, 0) is 11.3 Å². The van der Waals surface area contributed by atoms with Crippen molar-refractivity contribution in [3.63, 3.8) is 0 Å². The van der Waals surface area contributed by atoms with Crippen molar-refractivity contribution in [1.29, 1.82) is 0 Å². The Labute approximate surface area is 228 Å². The summed E-state index contributed by atoms with van der Waals surface area (Å²) < 4.78 is 35.7. The summed E-state index contributed by atoms with van der Waals surface area (Å²) in [6.07, 6.45) is 3.48. The number of rotatable bonds is 7. The van der Waals surface area contributed by atoms with E-state index in [2.05, 4.69) is 15.9 Å². The van der Waals surface area contributed by atoms with Crippen LogP contribution < -0.4 is 4.74 Å². The average Bonchev–Trinajstić information content (AvgIpc) is 3.33. The summed E-state index contributed by atoms with van der Waals surface area (Å²) in [6.45, 7) is 0.324. The highest BCUT2D eigenvalue weighted by molar-refractivity contribution is 9.10. The molecule has 37 heavy (non-hydrogen) atoms. The van der Waals surface area contributed by atoms with Gasteiger partial charge in [-0.05, 0) is 72.4 Å². The van der Waals surface area contributed by atoms with E-state index in [0.717, 1.165) is 32.0 Å². The minimum Gasteiger partial charge on any atom is -0.492 e. The number of thioether (sulfide) groups is 1. The highest BCUT2D eigenvalue weighted by Gasteiger charge is 2.35. The second-order valence-electron chi connectivity index (χ2n) is 8.21. The van der Waals surface area contributed by atoms with Crippen LogP contribution in [0.3, 0.4) is 0 Å². The molecule has 1 aliphatic rings. The van der Waals surface area contributed by atoms with E-state index in [1.54, 1.807) is 18.2 Å². The monoisotopic (exact) mass is 602 g/mol. The zero-order valence-corrected chi connectivity index (χ0v) is 22.2. The van der Waals surface area contributed by atoms with Crippen molar-refractivity contribution in [2.24, 2.45) is 0 Å². The quantitative estimate of drug-likeness (QED) is 0.205. The number of carbonyl (C=O) groups excluding carboxylic acids is 2. The molecule has 0 spiro atoms. The van der Waals surface area contributed by atoms with Crippen molar-refractivity contribution in [2.75, 3.05) is 13.2 Å². The lowest BCUT2D eigenvalue weighted by Gasteiger charge is -2.13. The van der Waals surface area contributed by atoms with E-state index in [4.69, 9.17) is 16.3 Å². The predicted molar refractivity (Wildman–Crippen MR) is 145 cm³/mol. The number of hydrogen-bond donors (Lipinski definition) is 0. The Bertz CT molecular complexity index is 1540. The molecule has 3 aromatic carbocycles. The molecule has 1 aliphatic heterocycles. The van der Waals surface area contributed by atoms with Gasteiger partial charge < -0.3 is 9.30 Å². The Morgan fingerprint density at radius 1 is 1.05 bits per heavy atom. The lowest BCUT2D eigenvalue weighted by molar-refractivity contribution is -0.123. The van der Waals surface area contributed by atoms with Gasteiger partial charge in [-0.2, -0.15) is 0 Å². The predicted octanol–water partition coefficient (Wildman–Crippen LogP) is 7.50. The van der Waals surface area contributed by atoms with Crippen LogP contribution in [0.5, 0.6) is 5.75 Å². The zero-order chi connectivity index (χ0) is 26.1. The second-order valence-corrected chi connectivity index (χ2v) is 10.5. The Kier molecular flexibility index (Phi) is 7.37. The lowest BCUT2D eigenvalue weighted by Crippen LogP contribution is -2.32. The number of carbonyl (C=O) groups is 2. The minimum absolute atomic E-state index is 0.0540. The van der Waals surface area contributed by atoms with Crippen LogP contribution in [0.2, 0.25) is 5.02 Å². The highest BCUT2D eigenvalue weighted by Crippen LogP contribution is 2.35. The molecule has 0 atom stereocenters. The van der Waals surface area contributed by atoms with Crippen molar-refractivity contribution < 1.29 is 23.1 Å². The van der Waals surface area contributed by atoms with E-state index in [0.29, 0.717) is 21.9 Å². The number of amides is 2. The van der Waals surface area contributed by atoms with Gasteiger partial charge in [-0.25, -0.2) is 8.78 Å². The number of fused-ring (bicyclic) bond motifs is 1. The average molecular weight is 604 g/mol. The van der Waals surface area contributed by atoms with Crippen LogP contribution in [0.25, 0.3) is 17.0 Å². The van der Waals surface area contributed by atoms with Gasteiger partial charge in [0.2, 0.25) is 0 Å². The van der Waals surface area contributed by atoms with E-state index >= 15 is 0 Å². The number of hydrogen-bond acceptors (Lipinski definition) is 4. The molecule has 1 fully saturated rings. The smallest absolute Gasteiger partial charge is 0.293 e. The Morgan fingerprint density at radius 3 is 2.59 bits per heavy atom. The number of halogens is 4. The molecule has 1 saturated heterocycles. The third-order valence-electron chi connectivity index (χ3n) is 5.82. The summed E-state index contributed by atoms with van der Waals surface area (Å²) in [7, 11) is 0. The third-order valence-corrected chi connectivity index (χ3v) is 7.58. The molecule has 2 heterocycles. The van der Waals surface area contributed by atoms with Gasteiger partial charge in [0.05, 0.1) is 18.0 Å². The first-order chi connectivity index (χ1) is 17.8. The van der Waals surface area contributed by atoms with Crippen molar-refractivity contribution in [3.8, 4) is 5.75 Å². The molecule has 0 radical (unpaired) electrons. The molecule has 0 saturated carbocycles. The topological polar surface area (TPSA) is 51.5 Å². The molecular weight excluding hydrogens is 586 g/mol. The standard InChI is InChI=1S/C27H18BrClF2N2O3S/c28-17-4-9-24-20(13-17)16(14-32(24)15-21-22(29)2-1-3-23(21)31)12-25-26(34)33(27(35)37-25)10-11-36-19-7-5-18(30)6-8-19/h1-9,12-14H,10-11,15H2/b25-12-. The number of nitrogens with zero attached hydrogens (tertiary/aromatic N) is 2. The maximum absolute atomic E-state index is 14.5. The van der Waals surface area contributed by atoms with E-state index < -0.39 is 17.0 Å². The maximum Gasteiger partial charge on any atom is 0.293 e. The highest BCUT2D eigenvalue weighted by atomic mass is 79.9. The summed E-state index contributed by atoms with van der Waals surface area (Å²) in [4.78, 5) is 27.0. The summed E-state index contributed by atoms with van der Waals surface area (Å²) in [6, 6.07) is 15.7. The Morgan fingerprint density at radius 2 is 1.84 bits per heavy atom. The number of aromatic nitrogens is 1. The fraction of sp³-hybridized carbons (Fsp3) is 0.111. The van der Waals surface area contributed by atoms with Crippen molar-refractivity contribution in [2.45, 2.75) is 6.54 Å². The second kappa shape index (κ2) is 10.7. The first-order valence-electron chi connectivity index (χ1n) is 11.1. The van der Waals surface area contributed by atoms with Crippen LogP contribution in [0.15, 0.2) is 76.2 Å². The molecule has 10 heteroatoms. The summed E-state index contributed by atoms with van der Waals surface area (Å²) >= 11 is 10.6. The van der Waals surface area contributed by atoms with Gasteiger partial charge in [-0.1, -0.05) is 33.6 Å². The van der Waals surface area contributed by atoms with Crippen LogP contribution in [0.4, 0.5) is 13.6 Å². The number of imide groups is 1. The molecule has 188 valence electrons. The van der Waals surface area contributed by atoms with Gasteiger partial charge in [0.15, 0.2) is 0 Å². The molecule has 0 bridgehead atoms. The Hall–Kier alpha value is -3.14. The maximum atomic E-state index is 14.5. The fourth-order valence-electron chi connectivity index (χ4n) is 4.02. The molecule has 5 rings (SSSR count). The fourth-order valence-corrected chi connectivity index (χ4v) is 5.46. The van der Waals surface area contributed by atoms with E-state index in [-0.39, 0.29) is 30.4 Å². The molecule has 0 unspecified atom stereocenters. The van der Waals surface area contributed by atoms with E-state index in [1.165, 1.54) is 30.3 Å². The van der Waals surface area contributed by atoms with Gasteiger partial charge >= 0.3 is 0 Å². The van der Waals surface area contributed by atoms with Gasteiger partial charge in [0.25, 0.3) is 11.1 Å². The largest absolute Gasteiger partial charge is 0.492 e. The summed E-state index contributed by atoms with van der Waals surface area (Å²) in [5, 5.41) is 0.750. The summed E-state index contributed by atoms with van der Waals surface area (Å²) in [5.41, 5.74) is 1.88. The SMILES string of the molecule is O=C1S/C(=C\c2cn(Cc3c(F)cccc3Cl)c3ccc(Br)cc23)C(=O)N1CCOc1ccc(F)cc1. The zero-order valence-electron chi connectivity index (χ0n) is 19.1.